The molecule has 0 N–H and O–H groups in total. The van der Waals surface area contributed by atoms with E-state index in [0.717, 1.165) is 0 Å². The van der Waals surface area contributed by atoms with Crippen LogP contribution in [0.4, 0.5) is 0 Å². The minimum Gasteiger partial charge on any atom is -0.381 e. The molecular formula is C10H22O. The lowest BCUT2D eigenvalue weighted by atomic mass is 10.1. The van der Waals surface area contributed by atoms with Crippen molar-refractivity contribution < 1.29 is 4.74 Å². The zero-order valence-corrected chi connectivity index (χ0v) is 8.23. The first kappa shape index (κ1) is 11.0. The van der Waals surface area contributed by atoms with Gasteiger partial charge in [-0.3, -0.25) is 0 Å². The van der Waals surface area contributed by atoms with Crippen LogP contribution in [0, 0.1) is 0 Å². The van der Waals surface area contributed by atoms with Gasteiger partial charge >= 0.3 is 0 Å². The third kappa shape index (κ3) is 6.36. The van der Waals surface area contributed by atoms with Gasteiger partial charge < -0.3 is 4.74 Å². The molecule has 0 aromatic carbocycles. The van der Waals surface area contributed by atoms with E-state index in [1.807, 2.05) is 7.11 Å². The van der Waals surface area contributed by atoms with Gasteiger partial charge in [-0.25, -0.2) is 0 Å². The Morgan fingerprint density at radius 1 is 1.00 bits per heavy atom. The molecule has 0 aromatic heterocycles. The SMILES string of the molecule is CCCCC(CCCC)OC. The normalized spacial score (nSPS) is 10.9. The predicted octanol–water partition coefficient (Wildman–Crippen LogP) is 3.38. The van der Waals surface area contributed by atoms with Crippen LogP contribution >= 0.6 is 0 Å². The number of hydrogen-bond donors (Lipinski definition) is 0. The minimum absolute atomic E-state index is 0.523. The Labute approximate surface area is 71.1 Å². The second kappa shape index (κ2) is 8.06. The Bertz CT molecular complexity index is 63.3. The molecule has 11 heavy (non-hydrogen) atoms. The lowest BCUT2D eigenvalue weighted by Gasteiger charge is -2.13. The van der Waals surface area contributed by atoms with Crippen molar-refractivity contribution >= 4 is 0 Å². The van der Waals surface area contributed by atoms with Gasteiger partial charge in [0.1, 0.15) is 0 Å². The van der Waals surface area contributed by atoms with Crippen LogP contribution in [0.25, 0.3) is 0 Å². The molecule has 0 amide bonds. The van der Waals surface area contributed by atoms with E-state index < -0.39 is 0 Å². The highest BCUT2D eigenvalue weighted by Gasteiger charge is 2.04. The summed E-state index contributed by atoms with van der Waals surface area (Å²) in [6.45, 7) is 4.46. The van der Waals surface area contributed by atoms with Crippen LogP contribution < -0.4 is 0 Å². The van der Waals surface area contributed by atoms with Gasteiger partial charge in [0.25, 0.3) is 0 Å². The summed E-state index contributed by atoms with van der Waals surface area (Å²) in [5.41, 5.74) is 0. The number of hydrogen-bond acceptors (Lipinski definition) is 1. The molecule has 1 heteroatoms. The van der Waals surface area contributed by atoms with E-state index in [0.29, 0.717) is 6.10 Å². The molecule has 0 aromatic rings. The molecule has 0 saturated heterocycles. The monoisotopic (exact) mass is 158 g/mol. The molecule has 0 bridgehead atoms. The summed E-state index contributed by atoms with van der Waals surface area (Å²) in [6, 6.07) is 0. The molecule has 0 aliphatic carbocycles. The molecule has 0 fully saturated rings. The van der Waals surface area contributed by atoms with Gasteiger partial charge in [-0.1, -0.05) is 39.5 Å². The highest BCUT2D eigenvalue weighted by Crippen LogP contribution is 2.10. The lowest BCUT2D eigenvalue weighted by Crippen LogP contribution is -2.09. The van der Waals surface area contributed by atoms with E-state index in [9.17, 15) is 0 Å². The fraction of sp³-hybridized carbons (Fsp3) is 1.00. The topological polar surface area (TPSA) is 9.23 Å². The molecular weight excluding hydrogens is 136 g/mol. The molecule has 0 aliphatic heterocycles. The Kier molecular flexibility index (Phi) is 8.03. The van der Waals surface area contributed by atoms with Gasteiger partial charge in [0, 0.05) is 7.11 Å². The van der Waals surface area contributed by atoms with Gasteiger partial charge in [-0.15, -0.1) is 0 Å². The molecule has 0 radical (unpaired) electrons. The molecule has 0 atom stereocenters. The molecule has 68 valence electrons. The highest BCUT2D eigenvalue weighted by molar-refractivity contribution is 4.56. The number of rotatable bonds is 7. The van der Waals surface area contributed by atoms with Gasteiger partial charge in [0.2, 0.25) is 0 Å². The van der Waals surface area contributed by atoms with E-state index in [2.05, 4.69) is 13.8 Å². The maximum absolute atomic E-state index is 5.35. The van der Waals surface area contributed by atoms with Crippen molar-refractivity contribution in [3.63, 3.8) is 0 Å². The Hall–Kier alpha value is -0.0400. The fourth-order valence-electron chi connectivity index (χ4n) is 1.24. The first-order valence-corrected chi connectivity index (χ1v) is 4.87. The average molecular weight is 158 g/mol. The smallest absolute Gasteiger partial charge is 0.0571 e. The van der Waals surface area contributed by atoms with Crippen molar-refractivity contribution in [1.82, 2.24) is 0 Å². The number of unbranched alkanes of at least 4 members (excludes halogenated alkanes) is 2. The van der Waals surface area contributed by atoms with Crippen LogP contribution in [0.15, 0.2) is 0 Å². The van der Waals surface area contributed by atoms with Crippen molar-refractivity contribution in [2.75, 3.05) is 7.11 Å². The zero-order chi connectivity index (χ0) is 8.53. The summed E-state index contributed by atoms with van der Waals surface area (Å²) in [7, 11) is 1.83. The van der Waals surface area contributed by atoms with Crippen LogP contribution in [0.5, 0.6) is 0 Å². The Morgan fingerprint density at radius 2 is 1.45 bits per heavy atom. The van der Waals surface area contributed by atoms with E-state index in [4.69, 9.17) is 4.74 Å². The quantitative estimate of drug-likeness (QED) is 0.552. The lowest BCUT2D eigenvalue weighted by molar-refractivity contribution is 0.0841. The van der Waals surface area contributed by atoms with Gasteiger partial charge in [0.15, 0.2) is 0 Å². The van der Waals surface area contributed by atoms with Crippen LogP contribution in [0.2, 0.25) is 0 Å². The largest absolute Gasteiger partial charge is 0.381 e. The second-order valence-electron chi connectivity index (χ2n) is 3.14. The van der Waals surface area contributed by atoms with Gasteiger partial charge in [0.05, 0.1) is 6.10 Å². The number of ether oxygens (including phenoxy) is 1. The van der Waals surface area contributed by atoms with E-state index in [1.165, 1.54) is 38.5 Å². The second-order valence-corrected chi connectivity index (χ2v) is 3.14. The first-order chi connectivity index (χ1) is 5.35. The summed E-state index contributed by atoms with van der Waals surface area (Å²) >= 11 is 0. The third-order valence-electron chi connectivity index (χ3n) is 2.09. The molecule has 0 spiro atoms. The Morgan fingerprint density at radius 3 is 1.73 bits per heavy atom. The first-order valence-electron chi connectivity index (χ1n) is 4.87. The standard InChI is InChI=1S/C10H22O/c1-4-6-8-10(11-3)9-7-5-2/h10H,4-9H2,1-3H3. The maximum Gasteiger partial charge on any atom is 0.0571 e. The van der Waals surface area contributed by atoms with Crippen molar-refractivity contribution in [3.8, 4) is 0 Å². The maximum atomic E-state index is 5.35. The van der Waals surface area contributed by atoms with Crippen molar-refractivity contribution in [2.45, 2.75) is 58.5 Å². The summed E-state index contributed by atoms with van der Waals surface area (Å²) < 4.78 is 5.35. The molecule has 0 rings (SSSR count). The summed E-state index contributed by atoms with van der Waals surface area (Å²) in [5, 5.41) is 0. The van der Waals surface area contributed by atoms with Crippen molar-refractivity contribution in [2.24, 2.45) is 0 Å². The van der Waals surface area contributed by atoms with Crippen LogP contribution in [0.3, 0.4) is 0 Å². The third-order valence-corrected chi connectivity index (χ3v) is 2.09. The van der Waals surface area contributed by atoms with Crippen LogP contribution in [-0.4, -0.2) is 13.2 Å². The summed E-state index contributed by atoms with van der Waals surface area (Å²) in [4.78, 5) is 0. The summed E-state index contributed by atoms with van der Waals surface area (Å²) in [6.07, 6.45) is 8.19. The van der Waals surface area contributed by atoms with Gasteiger partial charge in [-0.2, -0.15) is 0 Å². The fourth-order valence-corrected chi connectivity index (χ4v) is 1.24. The van der Waals surface area contributed by atoms with Crippen molar-refractivity contribution in [3.05, 3.63) is 0 Å². The van der Waals surface area contributed by atoms with E-state index in [-0.39, 0.29) is 0 Å². The van der Waals surface area contributed by atoms with E-state index >= 15 is 0 Å². The van der Waals surface area contributed by atoms with Gasteiger partial charge in [-0.05, 0) is 12.8 Å². The minimum atomic E-state index is 0.523. The molecule has 0 unspecified atom stereocenters. The predicted molar refractivity (Wildman–Crippen MR) is 49.8 cm³/mol. The average Bonchev–Trinajstić information content (AvgIpc) is 2.05. The number of methoxy groups -OCH3 is 1. The molecule has 0 saturated carbocycles. The highest BCUT2D eigenvalue weighted by atomic mass is 16.5. The summed E-state index contributed by atoms with van der Waals surface area (Å²) in [5.74, 6) is 0. The van der Waals surface area contributed by atoms with E-state index in [1.54, 1.807) is 0 Å². The zero-order valence-electron chi connectivity index (χ0n) is 8.23. The Balaban J connectivity index is 3.25. The van der Waals surface area contributed by atoms with Crippen molar-refractivity contribution in [1.29, 1.82) is 0 Å². The molecule has 1 nitrogen and oxygen atoms in total. The van der Waals surface area contributed by atoms with Crippen LogP contribution in [0.1, 0.15) is 52.4 Å². The van der Waals surface area contributed by atoms with Crippen LogP contribution in [-0.2, 0) is 4.74 Å². The molecule has 0 heterocycles. The molecule has 0 aliphatic rings.